The molecule has 2 aromatic carbocycles. The number of nitrogens with one attached hydrogen (secondary N) is 1. The largest absolute Gasteiger partial charge is 0.453 e. The highest BCUT2D eigenvalue weighted by Gasteiger charge is 2.13. The third kappa shape index (κ3) is 3.92. The van der Waals surface area contributed by atoms with Gasteiger partial charge in [-0.25, -0.2) is 14.2 Å². The number of thiazole rings is 1. The first kappa shape index (κ1) is 19.4. The second kappa shape index (κ2) is 7.93. The Bertz CT molecular complexity index is 1420. The van der Waals surface area contributed by atoms with Gasteiger partial charge in [0.1, 0.15) is 5.82 Å². The fraction of sp³-hybridized carbons (Fsp3) is 0.0500. The summed E-state index contributed by atoms with van der Waals surface area (Å²) in [6, 6.07) is 15.6. The van der Waals surface area contributed by atoms with Crippen LogP contribution < -0.4 is 5.32 Å². The van der Waals surface area contributed by atoms with Crippen LogP contribution in [0.1, 0.15) is 0 Å². The van der Waals surface area contributed by atoms with E-state index < -0.39 is 6.09 Å². The highest BCUT2D eigenvalue weighted by atomic mass is 32.2. The summed E-state index contributed by atoms with van der Waals surface area (Å²) >= 11 is 2.75. The van der Waals surface area contributed by atoms with Crippen LogP contribution in [0.2, 0.25) is 0 Å². The maximum Gasteiger partial charge on any atom is 0.413 e. The van der Waals surface area contributed by atoms with Gasteiger partial charge in [0, 0.05) is 10.5 Å². The molecule has 0 saturated heterocycles. The topological polar surface area (TPSA) is 94.3 Å². The van der Waals surface area contributed by atoms with E-state index in [2.05, 4.69) is 30.3 Å². The van der Waals surface area contributed by atoms with Crippen LogP contribution in [0.25, 0.3) is 27.1 Å². The summed E-state index contributed by atoms with van der Waals surface area (Å²) in [5.41, 5.74) is 2.86. The molecule has 31 heavy (non-hydrogen) atoms. The molecule has 0 radical (unpaired) electrons. The molecule has 1 amide bonds. The molecule has 0 bridgehead atoms. The summed E-state index contributed by atoms with van der Waals surface area (Å²) < 4.78 is 20.4. The third-order valence-electron chi connectivity index (χ3n) is 4.34. The minimum atomic E-state index is -0.563. The average molecular weight is 452 g/mol. The van der Waals surface area contributed by atoms with Crippen LogP contribution in [0.3, 0.4) is 0 Å². The molecule has 3 aromatic heterocycles. The second-order valence-corrected chi connectivity index (χ2v) is 8.42. The predicted molar refractivity (Wildman–Crippen MR) is 116 cm³/mol. The van der Waals surface area contributed by atoms with Crippen LogP contribution in [0.5, 0.6) is 0 Å². The van der Waals surface area contributed by atoms with Crippen LogP contribution in [0.15, 0.2) is 64.6 Å². The molecule has 11 heteroatoms. The highest BCUT2D eigenvalue weighted by molar-refractivity contribution is 7.99. The van der Waals surface area contributed by atoms with E-state index in [0.717, 1.165) is 20.7 Å². The van der Waals surface area contributed by atoms with Crippen molar-refractivity contribution in [1.82, 2.24) is 24.8 Å². The monoisotopic (exact) mass is 452 g/mol. The van der Waals surface area contributed by atoms with E-state index in [0.29, 0.717) is 21.6 Å². The zero-order chi connectivity index (χ0) is 21.4. The summed E-state index contributed by atoms with van der Waals surface area (Å²) in [6.07, 6.45) is -0.563. The Morgan fingerprint density at radius 1 is 1.13 bits per heavy atom. The van der Waals surface area contributed by atoms with E-state index in [4.69, 9.17) is 0 Å². The number of fused-ring (bicyclic) bond motifs is 2. The molecule has 5 rings (SSSR count). The number of rotatable bonds is 4. The quantitative estimate of drug-likeness (QED) is 0.416. The fourth-order valence-electron chi connectivity index (χ4n) is 2.87. The van der Waals surface area contributed by atoms with Crippen LogP contribution >= 0.6 is 23.1 Å². The van der Waals surface area contributed by atoms with Crippen molar-refractivity contribution < 1.29 is 13.9 Å². The third-order valence-corrected chi connectivity index (χ3v) is 6.20. The number of nitrogens with zero attached hydrogens (tertiary/aromatic N) is 5. The highest BCUT2D eigenvalue weighted by Crippen LogP contribution is 2.33. The second-order valence-electron chi connectivity index (χ2n) is 6.35. The molecule has 3 heterocycles. The first-order valence-electron chi connectivity index (χ1n) is 9.01. The summed E-state index contributed by atoms with van der Waals surface area (Å²) in [4.78, 5) is 16.7. The van der Waals surface area contributed by atoms with E-state index in [1.165, 1.54) is 42.3 Å². The van der Waals surface area contributed by atoms with Crippen molar-refractivity contribution in [3.63, 3.8) is 0 Å². The minimum Gasteiger partial charge on any atom is -0.453 e. The number of ether oxygens (including phenoxy) is 1. The van der Waals surface area contributed by atoms with Crippen molar-refractivity contribution in [2.75, 3.05) is 12.4 Å². The molecule has 0 aliphatic carbocycles. The molecule has 0 atom stereocenters. The smallest absolute Gasteiger partial charge is 0.413 e. The molecule has 0 fully saturated rings. The first-order valence-corrected chi connectivity index (χ1v) is 10.6. The van der Waals surface area contributed by atoms with Crippen LogP contribution in [0, 0.1) is 5.82 Å². The number of hydrogen-bond acceptors (Lipinski definition) is 8. The Hall–Kier alpha value is -3.57. The van der Waals surface area contributed by atoms with E-state index >= 15 is 0 Å². The number of carbonyl (C=O) groups is 1. The maximum atomic E-state index is 13.2. The van der Waals surface area contributed by atoms with Gasteiger partial charge in [-0.1, -0.05) is 11.3 Å². The van der Waals surface area contributed by atoms with Crippen LogP contribution in [-0.4, -0.2) is 38.0 Å². The predicted octanol–water partition coefficient (Wildman–Crippen LogP) is 4.87. The summed E-state index contributed by atoms with van der Waals surface area (Å²) in [5, 5.41) is 16.7. The Labute approximate surface area is 183 Å². The summed E-state index contributed by atoms with van der Waals surface area (Å²) in [6.45, 7) is 0. The molecular formula is C20H13FN6O2S2. The van der Waals surface area contributed by atoms with Crippen molar-refractivity contribution in [1.29, 1.82) is 0 Å². The number of hydrogen-bond donors (Lipinski definition) is 1. The van der Waals surface area contributed by atoms with Gasteiger partial charge in [0.25, 0.3) is 0 Å². The number of anilines is 1. The van der Waals surface area contributed by atoms with Crippen molar-refractivity contribution in [2.24, 2.45) is 0 Å². The normalized spacial score (nSPS) is 11.2. The number of aromatic nitrogens is 5. The van der Waals surface area contributed by atoms with E-state index in [-0.39, 0.29) is 5.82 Å². The van der Waals surface area contributed by atoms with Gasteiger partial charge in [-0.05, 0) is 66.4 Å². The Balaban J connectivity index is 1.45. The SMILES string of the molecule is COC(=O)Nc1nc2ccc(Sc3nnc4ccc(-c5ccc(F)cc5)nn34)cc2s1. The summed E-state index contributed by atoms with van der Waals surface area (Å²) in [5.74, 6) is -0.297. The lowest BCUT2D eigenvalue weighted by atomic mass is 10.1. The lowest BCUT2D eigenvalue weighted by molar-refractivity contribution is 0.187. The number of halogens is 1. The molecule has 0 aliphatic rings. The van der Waals surface area contributed by atoms with Gasteiger partial charge < -0.3 is 4.74 Å². The molecule has 154 valence electrons. The summed E-state index contributed by atoms with van der Waals surface area (Å²) in [7, 11) is 1.30. The van der Waals surface area contributed by atoms with E-state index in [1.807, 2.05) is 30.3 Å². The van der Waals surface area contributed by atoms with E-state index in [9.17, 15) is 9.18 Å². The van der Waals surface area contributed by atoms with Gasteiger partial charge in [0.05, 0.1) is 23.0 Å². The van der Waals surface area contributed by atoms with Crippen molar-refractivity contribution >= 4 is 50.2 Å². The molecule has 1 N–H and O–H groups in total. The molecule has 0 spiro atoms. The number of amides is 1. The van der Waals surface area contributed by atoms with Crippen molar-refractivity contribution in [3.05, 3.63) is 60.4 Å². The van der Waals surface area contributed by atoms with Gasteiger partial charge in [-0.3, -0.25) is 5.32 Å². The van der Waals surface area contributed by atoms with Crippen LogP contribution in [0.4, 0.5) is 14.3 Å². The lowest BCUT2D eigenvalue weighted by Crippen LogP contribution is -2.10. The van der Waals surface area contributed by atoms with Gasteiger partial charge in [-0.2, -0.15) is 9.61 Å². The average Bonchev–Trinajstić information content (AvgIpc) is 3.37. The Morgan fingerprint density at radius 2 is 1.97 bits per heavy atom. The molecule has 0 saturated carbocycles. The van der Waals surface area contributed by atoms with Crippen LogP contribution in [-0.2, 0) is 4.74 Å². The van der Waals surface area contributed by atoms with E-state index in [1.54, 1.807) is 16.6 Å². The minimum absolute atomic E-state index is 0.297. The Kier molecular flexibility index (Phi) is 4.96. The number of methoxy groups -OCH3 is 1. The fourth-order valence-corrected chi connectivity index (χ4v) is 4.66. The first-order chi connectivity index (χ1) is 15.1. The van der Waals surface area contributed by atoms with Crippen molar-refractivity contribution in [3.8, 4) is 11.3 Å². The zero-order valence-corrected chi connectivity index (χ0v) is 17.6. The lowest BCUT2D eigenvalue weighted by Gasteiger charge is -2.03. The maximum absolute atomic E-state index is 13.2. The van der Waals surface area contributed by atoms with Gasteiger partial charge >= 0.3 is 6.09 Å². The van der Waals surface area contributed by atoms with Crippen molar-refractivity contribution in [2.45, 2.75) is 10.1 Å². The molecule has 0 unspecified atom stereocenters. The molecular weight excluding hydrogens is 439 g/mol. The van der Waals surface area contributed by atoms with Gasteiger partial charge in [-0.15, -0.1) is 10.2 Å². The standard InChI is InChI=1S/C20H13FN6O2S2/c1-29-20(28)23-18-22-15-7-6-13(10-16(15)31-18)30-19-25-24-17-9-8-14(26-27(17)19)11-2-4-12(21)5-3-11/h2-10H,1H3,(H,22,23,28). The zero-order valence-electron chi connectivity index (χ0n) is 15.9. The van der Waals surface area contributed by atoms with Gasteiger partial charge in [0.2, 0.25) is 5.16 Å². The number of benzene rings is 2. The number of carbonyl (C=O) groups excluding carboxylic acids is 1. The van der Waals surface area contributed by atoms with Gasteiger partial charge in [0.15, 0.2) is 10.8 Å². The molecule has 5 aromatic rings. The Morgan fingerprint density at radius 3 is 2.77 bits per heavy atom. The molecule has 0 aliphatic heterocycles. The molecule has 8 nitrogen and oxygen atoms in total.